The van der Waals surface area contributed by atoms with Crippen molar-refractivity contribution in [3.05, 3.63) is 58.7 Å². The van der Waals surface area contributed by atoms with Crippen LogP contribution in [0, 0.1) is 0 Å². The van der Waals surface area contributed by atoms with Gasteiger partial charge in [-0.3, -0.25) is 4.79 Å². The maximum atomic E-state index is 12.0. The summed E-state index contributed by atoms with van der Waals surface area (Å²) >= 11 is 6.08. The molecular formula is C17H19ClN2O2. The van der Waals surface area contributed by atoms with E-state index in [1.807, 2.05) is 43.3 Å². The monoisotopic (exact) mass is 318 g/mol. The molecule has 2 rings (SSSR count). The molecule has 2 aromatic rings. The molecule has 0 aliphatic heterocycles. The van der Waals surface area contributed by atoms with Crippen molar-refractivity contribution in [2.75, 3.05) is 6.61 Å². The molecule has 1 aromatic heterocycles. The third-order valence-electron chi connectivity index (χ3n) is 3.19. The first-order valence-electron chi connectivity index (χ1n) is 7.27. The molecule has 0 saturated carbocycles. The van der Waals surface area contributed by atoms with Crippen LogP contribution in [0.2, 0.25) is 5.02 Å². The van der Waals surface area contributed by atoms with E-state index in [4.69, 9.17) is 16.3 Å². The molecule has 1 amide bonds. The Kier molecular flexibility index (Phi) is 6.22. The zero-order chi connectivity index (χ0) is 15.8. The van der Waals surface area contributed by atoms with Crippen LogP contribution in [0.15, 0.2) is 42.6 Å². The van der Waals surface area contributed by atoms with Gasteiger partial charge in [0, 0.05) is 29.7 Å². The Morgan fingerprint density at radius 1 is 1.23 bits per heavy atom. The lowest BCUT2D eigenvalue weighted by atomic mass is 10.1. The van der Waals surface area contributed by atoms with Gasteiger partial charge < -0.3 is 10.1 Å². The standard InChI is InChI=1S/C17H19ClN2O2/c1-2-22-17-14(7-5-11-19-17)12-20-16(21)10-9-13-6-3-4-8-15(13)18/h3-8,11H,2,9-10,12H2,1H3,(H,20,21). The first-order valence-corrected chi connectivity index (χ1v) is 7.65. The Balaban J connectivity index is 1.84. The number of carbonyl (C=O) groups is 1. The number of pyridine rings is 1. The molecule has 1 N–H and O–H groups in total. The molecule has 0 saturated heterocycles. The van der Waals surface area contributed by atoms with Gasteiger partial charge in [0.2, 0.25) is 11.8 Å². The van der Waals surface area contributed by atoms with Crippen LogP contribution in [-0.4, -0.2) is 17.5 Å². The van der Waals surface area contributed by atoms with Gasteiger partial charge in [-0.05, 0) is 31.0 Å². The van der Waals surface area contributed by atoms with Gasteiger partial charge in [0.25, 0.3) is 0 Å². The largest absolute Gasteiger partial charge is 0.478 e. The number of halogens is 1. The molecule has 22 heavy (non-hydrogen) atoms. The van der Waals surface area contributed by atoms with Crippen molar-refractivity contribution in [1.82, 2.24) is 10.3 Å². The number of hydrogen-bond acceptors (Lipinski definition) is 3. The fraction of sp³-hybridized carbons (Fsp3) is 0.294. The number of hydrogen-bond donors (Lipinski definition) is 1. The van der Waals surface area contributed by atoms with Crippen LogP contribution in [0.4, 0.5) is 0 Å². The van der Waals surface area contributed by atoms with Crippen LogP contribution in [0.5, 0.6) is 5.88 Å². The van der Waals surface area contributed by atoms with Crippen molar-refractivity contribution in [2.24, 2.45) is 0 Å². The Labute approximate surface area is 135 Å². The molecule has 4 nitrogen and oxygen atoms in total. The lowest BCUT2D eigenvalue weighted by Crippen LogP contribution is -2.23. The molecule has 1 aromatic carbocycles. The second kappa shape index (κ2) is 8.39. The van der Waals surface area contributed by atoms with Gasteiger partial charge in [-0.15, -0.1) is 0 Å². The second-order valence-electron chi connectivity index (χ2n) is 4.77. The van der Waals surface area contributed by atoms with Crippen molar-refractivity contribution in [3.8, 4) is 5.88 Å². The highest BCUT2D eigenvalue weighted by molar-refractivity contribution is 6.31. The van der Waals surface area contributed by atoms with E-state index in [-0.39, 0.29) is 5.91 Å². The molecule has 0 spiro atoms. The maximum absolute atomic E-state index is 12.0. The molecule has 0 aliphatic carbocycles. The minimum absolute atomic E-state index is 0.0220. The van der Waals surface area contributed by atoms with Crippen LogP contribution in [0.25, 0.3) is 0 Å². The van der Waals surface area contributed by atoms with Crippen LogP contribution in [0.3, 0.4) is 0 Å². The number of carbonyl (C=O) groups excluding carboxylic acids is 1. The lowest BCUT2D eigenvalue weighted by molar-refractivity contribution is -0.121. The predicted molar refractivity (Wildman–Crippen MR) is 87.0 cm³/mol. The molecule has 0 bridgehead atoms. The van der Waals surface area contributed by atoms with E-state index in [1.165, 1.54) is 0 Å². The van der Waals surface area contributed by atoms with Crippen molar-refractivity contribution in [3.63, 3.8) is 0 Å². The summed E-state index contributed by atoms with van der Waals surface area (Å²) in [5.74, 6) is 0.544. The van der Waals surface area contributed by atoms with Gasteiger partial charge in [-0.25, -0.2) is 4.98 Å². The van der Waals surface area contributed by atoms with Gasteiger partial charge >= 0.3 is 0 Å². The van der Waals surface area contributed by atoms with Gasteiger partial charge in [0.1, 0.15) is 0 Å². The van der Waals surface area contributed by atoms with Crippen molar-refractivity contribution in [1.29, 1.82) is 0 Å². The smallest absolute Gasteiger partial charge is 0.220 e. The normalized spacial score (nSPS) is 10.3. The van der Waals surface area contributed by atoms with E-state index in [0.29, 0.717) is 36.9 Å². The SMILES string of the molecule is CCOc1ncccc1CNC(=O)CCc1ccccc1Cl. The summed E-state index contributed by atoms with van der Waals surface area (Å²) in [5.41, 5.74) is 1.85. The quantitative estimate of drug-likeness (QED) is 0.851. The lowest BCUT2D eigenvalue weighted by Gasteiger charge is -2.10. The topological polar surface area (TPSA) is 51.2 Å². The number of ether oxygens (including phenoxy) is 1. The van der Waals surface area contributed by atoms with Gasteiger partial charge in [-0.2, -0.15) is 0 Å². The molecular weight excluding hydrogens is 300 g/mol. The number of amides is 1. The average Bonchev–Trinajstić information content (AvgIpc) is 2.53. The number of rotatable bonds is 7. The summed E-state index contributed by atoms with van der Waals surface area (Å²) in [5, 5.41) is 3.58. The fourth-order valence-electron chi connectivity index (χ4n) is 2.06. The molecule has 0 radical (unpaired) electrons. The summed E-state index contributed by atoms with van der Waals surface area (Å²) in [6, 6.07) is 11.3. The van der Waals surface area contributed by atoms with E-state index in [0.717, 1.165) is 11.1 Å². The highest BCUT2D eigenvalue weighted by Gasteiger charge is 2.08. The Morgan fingerprint density at radius 2 is 2.00 bits per heavy atom. The minimum Gasteiger partial charge on any atom is -0.478 e. The van der Waals surface area contributed by atoms with Crippen molar-refractivity contribution < 1.29 is 9.53 Å². The van der Waals surface area contributed by atoms with Crippen LogP contribution in [-0.2, 0) is 17.8 Å². The summed E-state index contributed by atoms with van der Waals surface area (Å²) in [6.07, 6.45) is 2.69. The number of aryl methyl sites for hydroxylation is 1. The first kappa shape index (κ1) is 16.3. The van der Waals surface area contributed by atoms with E-state index in [9.17, 15) is 4.79 Å². The molecule has 0 atom stereocenters. The molecule has 1 heterocycles. The third kappa shape index (κ3) is 4.74. The van der Waals surface area contributed by atoms with Crippen molar-refractivity contribution >= 4 is 17.5 Å². The molecule has 0 fully saturated rings. The highest BCUT2D eigenvalue weighted by atomic mass is 35.5. The van der Waals surface area contributed by atoms with Crippen LogP contribution in [0.1, 0.15) is 24.5 Å². The predicted octanol–water partition coefficient (Wildman–Crippen LogP) is 3.38. The Bertz CT molecular complexity index is 632. The van der Waals surface area contributed by atoms with Gasteiger partial charge in [0.05, 0.1) is 6.61 Å². The molecule has 0 aliphatic rings. The summed E-state index contributed by atoms with van der Waals surface area (Å²) < 4.78 is 5.43. The molecule has 5 heteroatoms. The van der Waals surface area contributed by atoms with Crippen LogP contribution < -0.4 is 10.1 Å². The van der Waals surface area contributed by atoms with Gasteiger partial charge in [0.15, 0.2) is 0 Å². The summed E-state index contributed by atoms with van der Waals surface area (Å²) in [4.78, 5) is 16.1. The van der Waals surface area contributed by atoms with Gasteiger partial charge in [-0.1, -0.05) is 35.9 Å². The second-order valence-corrected chi connectivity index (χ2v) is 5.18. The molecule has 0 unspecified atom stereocenters. The van der Waals surface area contributed by atoms with E-state index in [1.54, 1.807) is 6.20 Å². The average molecular weight is 319 g/mol. The summed E-state index contributed by atoms with van der Waals surface area (Å²) in [6.45, 7) is 2.86. The maximum Gasteiger partial charge on any atom is 0.220 e. The van der Waals surface area contributed by atoms with E-state index in [2.05, 4.69) is 10.3 Å². The number of aromatic nitrogens is 1. The Hall–Kier alpha value is -2.07. The number of nitrogens with one attached hydrogen (secondary N) is 1. The van der Waals surface area contributed by atoms with E-state index >= 15 is 0 Å². The highest BCUT2D eigenvalue weighted by Crippen LogP contribution is 2.17. The summed E-state index contributed by atoms with van der Waals surface area (Å²) in [7, 11) is 0. The van der Waals surface area contributed by atoms with E-state index < -0.39 is 0 Å². The number of nitrogens with zero attached hydrogens (tertiary/aromatic N) is 1. The zero-order valence-corrected chi connectivity index (χ0v) is 13.3. The first-order chi connectivity index (χ1) is 10.7. The fourth-order valence-corrected chi connectivity index (χ4v) is 2.29. The third-order valence-corrected chi connectivity index (χ3v) is 3.55. The Morgan fingerprint density at radius 3 is 2.77 bits per heavy atom. The number of benzene rings is 1. The van der Waals surface area contributed by atoms with Crippen LogP contribution >= 0.6 is 11.6 Å². The minimum atomic E-state index is -0.0220. The zero-order valence-electron chi connectivity index (χ0n) is 12.5. The molecule has 116 valence electrons. The van der Waals surface area contributed by atoms with Crippen molar-refractivity contribution in [2.45, 2.75) is 26.3 Å².